The molecule has 3 N–H and O–H groups in total. The molecule has 0 unspecified atom stereocenters. The van der Waals surface area contributed by atoms with E-state index in [0.717, 1.165) is 4.90 Å². The fourth-order valence-corrected chi connectivity index (χ4v) is 2.41. The van der Waals surface area contributed by atoms with Gasteiger partial charge in [-0.15, -0.1) is 11.8 Å². The van der Waals surface area contributed by atoms with Gasteiger partial charge in [0, 0.05) is 4.90 Å². The van der Waals surface area contributed by atoms with Crippen LogP contribution in [0.4, 0.5) is 5.82 Å². The lowest BCUT2D eigenvalue weighted by Gasteiger charge is -2.07. The van der Waals surface area contributed by atoms with Crippen LogP contribution in [-0.4, -0.2) is 31.6 Å². The molecule has 0 spiro atoms. The summed E-state index contributed by atoms with van der Waals surface area (Å²) in [6.45, 7) is 0. The predicted molar refractivity (Wildman–Crippen MR) is 80.6 cm³/mol. The molecular weight excluding hydrogens is 288 g/mol. The van der Waals surface area contributed by atoms with Crippen molar-refractivity contribution in [2.75, 3.05) is 11.2 Å². The van der Waals surface area contributed by atoms with Crippen LogP contribution in [0.25, 0.3) is 11.2 Å². The van der Waals surface area contributed by atoms with Crippen LogP contribution >= 0.6 is 11.8 Å². The van der Waals surface area contributed by atoms with Crippen molar-refractivity contribution in [3.63, 3.8) is 0 Å². The molecule has 0 atom stereocenters. The minimum absolute atomic E-state index is 0.143. The number of thioether (sulfide) groups is 1. The van der Waals surface area contributed by atoms with E-state index in [-0.39, 0.29) is 5.91 Å². The molecule has 0 bridgehead atoms. The third-order valence-corrected chi connectivity index (χ3v) is 3.67. The highest BCUT2D eigenvalue weighted by molar-refractivity contribution is 8.00. The summed E-state index contributed by atoms with van der Waals surface area (Å²) in [5.41, 5.74) is 6.57. The molecule has 0 aliphatic carbocycles. The van der Waals surface area contributed by atoms with E-state index in [0.29, 0.717) is 22.7 Å². The molecule has 0 aliphatic heterocycles. The van der Waals surface area contributed by atoms with Crippen molar-refractivity contribution >= 4 is 34.7 Å². The number of rotatable bonds is 5. The molecule has 1 amide bonds. The third kappa shape index (κ3) is 3.29. The van der Waals surface area contributed by atoms with Gasteiger partial charge in [0.15, 0.2) is 11.5 Å². The first kappa shape index (κ1) is 13.4. The number of benzene rings is 1. The fourth-order valence-electron chi connectivity index (χ4n) is 1.69. The van der Waals surface area contributed by atoms with Crippen molar-refractivity contribution in [1.82, 2.24) is 25.4 Å². The van der Waals surface area contributed by atoms with Gasteiger partial charge in [-0.25, -0.2) is 15.0 Å². The Balaban J connectivity index is 1.55. The zero-order valence-corrected chi connectivity index (χ0v) is 11.7. The third-order valence-electron chi connectivity index (χ3n) is 2.66. The molecule has 2 aromatic heterocycles. The summed E-state index contributed by atoms with van der Waals surface area (Å²) in [7, 11) is 0. The number of nitrogens with one attached hydrogen (secondary N) is 3. The molecule has 2 heterocycles. The van der Waals surface area contributed by atoms with Crippen LogP contribution in [0.5, 0.6) is 0 Å². The van der Waals surface area contributed by atoms with Gasteiger partial charge in [-0.05, 0) is 12.1 Å². The zero-order chi connectivity index (χ0) is 14.5. The maximum Gasteiger partial charge on any atom is 0.248 e. The number of hydrazine groups is 1. The quantitative estimate of drug-likeness (QED) is 0.489. The summed E-state index contributed by atoms with van der Waals surface area (Å²) < 4.78 is 0. The molecule has 0 aliphatic rings. The highest BCUT2D eigenvalue weighted by Crippen LogP contribution is 2.16. The van der Waals surface area contributed by atoms with E-state index < -0.39 is 0 Å². The topological polar surface area (TPSA) is 95.6 Å². The number of fused-ring (bicyclic) bond motifs is 1. The van der Waals surface area contributed by atoms with E-state index in [1.165, 1.54) is 24.4 Å². The average Bonchev–Trinajstić information content (AvgIpc) is 3.01. The van der Waals surface area contributed by atoms with E-state index in [2.05, 4.69) is 30.8 Å². The minimum Gasteiger partial charge on any atom is -0.340 e. The number of carbonyl (C=O) groups excluding carboxylic acids is 1. The van der Waals surface area contributed by atoms with Crippen molar-refractivity contribution in [2.24, 2.45) is 0 Å². The number of H-pyrrole nitrogens is 1. The van der Waals surface area contributed by atoms with Crippen LogP contribution < -0.4 is 10.9 Å². The van der Waals surface area contributed by atoms with Gasteiger partial charge in [0.25, 0.3) is 0 Å². The number of imidazole rings is 1. The van der Waals surface area contributed by atoms with Crippen LogP contribution in [0.2, 0.25) is 0 Å². The molecule has 0 saturated heterocycles. The van der Waals surface area contributed by atoms with Crippen LogP contribution in [0.1, 0.15) is 0 Å². The van der Waals surface area contributed by atoms with Gasteiger partial charge in [0.1, 0.15) is 11.8 Å². The summed E-state index contributed by atoms with van der Waals surface area (Å²) >= 11 is 1.46. The Bertz CT molecular complexity index is 745. The second kappa shape index (κ2) is 6.23. The van der Waals surface area contributed by atoms with Crippen molar-refractivity contribution in [3.8, 4) is 0 Å². The van der Waals surface area contributed by atoms with Gasteiger partial charge < -0.3 is 4.98 Å². The summed E-state index contributed by atoms with van der Waals surface area (Å²) in [4.78, 5) is 27.8. The minimum atomic E-state index is -0.143. The van der Waals surface area contributed by atoms with Crippen LogP contribution in [0.15, 0.2) is 47.9 Å². The highest BCUT2D eigenvalue weighted by Gasteiger charge is 2.07. The zero-order valence-electron chi connectivity index (χ0n) is 10.9. The Labute approximate surface area is 124 Å². The van der Waals surface area contributed by atoms with E-state index in [1.807, 2.05) is 30.3 Å². The number of aromatic nitrogens is 4. The molecule has 1 aromatic carbocycles. The van der Waals surface area contributed by atoms with Gasteiger partial charge in [0.2, 0.25) is 5.91 Å². The van der Waals surface area contributed by atoms with E-state index in [9.17, 15) is 4.79 Å². The first-order valence-electron chi connectivity index (χ1n) is 6.20. The molecule has 3 aromatic rings. The van der Waals surface area contributed by atoms with Gasteiger partial charge >= 0.3 is 0 Å². The molecule has 0 radical (unpaired) electrons. The second-order valence-electron chi connectivity index (χ2n) is 4.10. The normalized spacial score (nSPS) is 10.5. The molecule has 3 rings (SSSR count). The molecular formula is C13H12N6OS. The van der Waals surface area contributed by atoms with E-state index in [4.69, 9.17) is 0 Å². The van der Waals surface area contributed by atoms with Crippen molar-refractivity contribution in [2.45, 2.75) is 4.90 Å². The number of aromatic amines is 1. The standard InChI is InChI=1S/C13H12N6OS/c20-10(6-21-9-4-2-1-3-5-9)18-19-13-11-12(15-7-14-11)16-8-17-13/h1-5,7-8H,6H2,(H,18,20)(H2,14,15,16,17,19). The van der Waals surface area contributed by atoms with Crippen LogP contribution in [-0.2, 0) is 4.79 Å². The van der Waals surface area contributed by atoms with Crippen LogP contribution in [0, 0.1) is 0 Å². The molecule has 106 valence electrons. The lowest BCUT2D eigenvalue weighted by molar-refractivity contribution is -0.118. The number of carbonyl (C=O) groups is 1. The van der Waals surface area contributed by atoms with Gasteiger partial charge in [-0.1, -0.05) is 18.2 Å². The maximum absolute atomic E-state index is 11.8. The Kier molecular flexibility index (Phi) is 3.97. The summed E-state index contributed by atoms with van der Waals surface area (Å²) in [5.74, 6) is 0.652. The Morgan fingerprint density at radius 2 is 2.05 bits per heavy atom. The largest absolute Gasteiger partial charge is 0.340 e. The Morgan fingerprint density at radius 1 is 1.19 bits per heavy atom. The first-order chi connectivity index (χ1) is 10.3. The number of amides is 1. The first-order valence-corrected chi connectivity index (χ1v) is 7.18. The number of anilines is 1. The maximum atomic E-state index is 11.8. The Hall–Kier alpha value is -2.61. The fraction of sp³-hybridized carbons (Fsp3) is 0.0769. The van der Waals surface area contributed by atoms with Gasteiger partial charge in [0.05, 0.1) is 12.1 Å². The predicted octanol–water partition coefficient (Wildman–Crippen LogP) is 1.59. The lowest BCUT2D eigenvalue weighted by Crippen LogP contribution is -2.31. The van der Waals surface area contributed by atoms with Crippen LogP contribution in [0.3, 0.4) is 0 Å². The van der Waals surface area contributed by atoms with Crippen molar-refractivity contribution in [3.05, 3.63) is 43.0 Å². The SMILES string of the molecule is O=C(CSc1ccccc1)NNc1ncnc2nc[nH]c12. The summed E-state index contributed by atoms with van der Waals surface area (Å²) in [5, 5.41) is 0. The average molecular weight is 300 g/mol. The highest BCUT2D eigenvalue weighted by atomic mass is 32.2. The lowest BCUT2D eigenvalue weighted by atomic mass is 10.4. The Morgan fingerprint density at radius 3 is 2.90 bits per heavy atom. The summed E-state index contributed by atoms with van der Waals surface area (Å²) in [6, 6.07) is 9.74. The molecule has 0 saturated carbocycles. The molecule has 21 heavy (non-hydrogen) atoms. The smallest absolute Gasteiger partial charge is 0.248 e. The van der Waals surface area contributed by atoms with E-state index in [1.54, 1.807) is 0 Å². The number of hydrogen-bond donors (Lipinski definition) is 3. The number of hydrogen-bond acceptors (Lipinski definition) is 6. The molecule has 7 nitrogen and oxygen atoms in total. The number of nitrogens with zero attached hydrogens (tertiary/aromatic N) is 3. The van der Waals surface area contributed by atoms with Gasteiger partial charge in [-0.2, -0.15) is 0 Å². The monoisotopic (exact) mass is 300 g/mol. The molecule has 0 fully saturated rings. The van der Waals surface area contributed by atoms with Crippen molar-refractivity contribution in [1.29, 1.82) is 0 Å². The second-order valence-corrected chi connectivity index (χ2v) is 5.15. The van der Waals surface area contributed by atoms with E-state index >= 15 is 0 Å². The molecule has 8 heteroatoms. The van der Waals surface area contributed by atoms with Gasteiger partial charge in [-0.3, -0.25) is 15.6 Å². The van der Waals surface area contributed by atoms with Crippen molar-refractivity contribution < 1.29 is 4.79 Å². The summed E-state index contributed by atoms with van der Waals surface area (Å²) in [6.07, 6.45) is 2.91.